The number of para-hydroxylation sites is 1. The number of fused-ring (bicyclic) bond motifs is 1. The number of ketones is 1. The minimum absolute atomic E-state index is 0.0252. The average molecular weight is 403 g/mol. The van der Waals surface area contributed by atoms with Gasteiger partial charge in [-0.25, -0.2) is 4.98 Å². The van der Waals surface area contributed by atoms with Gasteiger partial charge in [0.1, 0.15) is 0 Å². The molecule has 3 aromatic rings. The van der Waals surface area contributed by atoms with Crippen molar-refractivity contribution < 1.29 is 9.90 Å². The molecule has 0 aliphatic rings. The van der Waals surface area contributed by atoms with Crippen molar-refractivity contribution in [3.8, 4) is 0 Å². The quantitative estimate of drug-likeness (QED) is 0.369. The Bertz CT molecular complexity index is 1020. The van der Waals surface area contributed by atoms with Gasteiger partial charge in [0.25, 0.3) is 5.56 Å². The first-order valence-electron chi connectivity index (χ1n) is 8.58. The summed E-state index contributed by atoms with van der Waals surface area (Å²) in [5.41, 5.74) is 0.989. The van der Waals surface area contributed by atoms with Crippen LogP contribution in [0, 0.1) is 0 Å². The fourth-order valence-electron chi connectivity index (χ4n) is 2.72. The van der Waals surface area contributed by atoms with E-state index in [2.05, 4.69) is 4.98 Å². The second kappa shape index (κ2) is 8.69. The topological polar surface area (TPSA) is 72.2 Å². The summed E-state index contributed by atoms with van der Waals surface area (Å²) in [7, 11) is 0. The molecule has 0 fully saturated rings. The molecule has 3 rings (SSSR count). The van der Waals surface area contributed by atoms with E-state index in [0.717, 1.165) is 0 Å². The number of benzene rings is 2. The standard InChI is InChI=1S/C20H19ClN2O3S/c1-13(18(25)14-7-9-15(21)10-8-14)27-20-22-17-6-3-2-5-16(17)19(26)23(20)11-4-12-24/h2-3,5-10,13,24H,4,11-12H2,1H3. The first kappa shape index (κ1) is 19.6. The lowest BCUT2D eigenvalue weighted by atomic mass is 10.1. The summed E-state index contributed by atoms with van der Waals surface area (Å²) in [5.74, 6) is -0.0622. The molecule has 1 atom stereocenters. The fourth-order valence-corrected chi connectivity index (χ4v) is 3.86. The maximum absolute atomic E-state index is 12.8. The second-order valence-corrected chi connectivity index (χ2v) is 7.82. The summed E-state index contributed by atoms with van der Waals surface area (Å²) >= 11 is 7.13. The van der Waals surface area contributed by atoms with E-state index in [9.17, 15) is 9.59 Å². The molecule has 5 nitrogen and oxygen atoms in total. The fraction of sp³-hybridized carbons (Fsp3) is 0.250. The smallest absolute Gasteiger partial charge is 0.262 e. The molecule has 1 unspecified atom stereocenters. The molecule has 0 bridgehead atoms. The van der Waals surface area contributed by atoms with Crippen LogP contribution in [0.1, 0.15) is 23.7 Å². The van der Waals surface area contributed by atoms with Gasteiger partial charge in [-0.05, 0) is 49.7 Å². The molecule has 2 aromatic carbocycles. The summed E-state index contributed by atoms with van der Waals surface area (Å²) in [6.45, 7) is 2.11. The van der Waals surface area contributed by atoms with Crippen molar-refractivity contribution in [3.05, 3.63) is 69.5 Å². The van der Waals surface area contributed by atoms with Gasteiger partial charge in [-0.15, -0.1) is 0 Å². The van der Waals surface area contributed by atoms with E-state index < -0.39 is 5.25 Å². The Morgan fingerprint density at radius 3 is 2.63 bits per heavy atom. The maximum atomic E-state index is 12.8. The Labute approximate surface area is 166 Å². The Morgan fingerprint density at radius 1 is 1.22 bits per heavy atom. The molecule has 7 heteroatoms. The number of rotatable bonds is 7. The number of aliphatic hydroxyl groups is 1. The van der Waals surface area contributed by atoms with Gasteiger partial charge in [-0.1, -0.05) is 35.5 Å². The van der Waals surface area contributed by atoms with E-state index in [1.165, 1.54) is 16.3 Å². The maximum Gasteiger partial charge on any atom is 0.262 e. The van der Waals surface area contributed by atoms with Crippen molar-refractivity contribution >= 4 is 40.0 Å². The van der Waals surface area contributed by atoms with Crippen LogP contribution in [0.3, 0.4) is 0 Å². The normalized spacial score (nSPS) is 12.3. The van der Waals surface area contributed by atoms with Crippen LogP contribution in [0.25, 0.3) is 10.9 Å². The second-order valence-electron chi connectivity index (χ2n) is 6.08. The Kier molecular flexibility index (Phi) is 6.31. The Morgan fingerprint density at radius 2 is 1.93 bits per heavy atom. The van der Waals surface area contributed by atoms with E-state index in [1.807, 2.05) is 6.07 Å². The third-order valence-electron chi connectivity index (χ3n) is 4.15. The van der Waals surface area contributed by atoms with Crippen molar-refractivity contribution in [1.29, 1.82) is 0 Å². The molecular formula is C20H19ClN2O3S. The highest BCUT2D eigenvalue weighted by atomic mass is 35.5. The highest BCUT2D eigenvalue weighted by Crippen LogP contribution is 2.25. The van der Waals surface area contributed by atoms with Crippen LogP contribution in [-0.2, 0) is 6.54 Å². The molecule has 27 heavy (non-hydrogen) atoms. The predicted molar refractivity (Wildman–Crippen MR) is 109 cm³/mol. The number of carbonyl (C=O) groups is 1. The average Bonchev–Trinajstić information content (AvgIpc) is 2.68. The number of thioether (sulfide) groups is 1. The van der Waals surface area contributed by atoms with Crippen LogP contribution >= 0.6 is 23.4 Å². The van der Waals surface area contributed by atoms with Crippen LogP contribution in [0.15, 0.2) is 58.5 Å². The van der Waals surface area contributed by atoms with Crippen molar-refractivity contribution in [2.75, 3.05) is 6.61 Å². The molecule has 1 N–H and O–H groups in total. The molecule has 0 amide bonds. The SMILES string of the molecule is CC(Sc1nc2ccccc2c(=O)n1CCCO)C(=O)c1ccc(Cl)cc1. The number of hydrogen-bond donors (Lipinski definition) is 1. The predicted octanol–water partition coefficient (Wildman–Crippen LogP) is 3.80. The molecule has 0 spiro atoms. The minimum atomic E-state index is -0.431. The molecule has 0 aliphatic carbocycles. The van der Waals surface area contributed by atoms with Crippen molar-refractivity contribution in [3.63, 3.8) is 0 Å². The zero-order chi connectivity index (χ0) is 19.4. The lowest BCUT2D eigenvalue weighted by molar-refractivity contribution is 0.0994. The highest BCUT2D eigenvalue weighted by molar-refractivity contribution is 8.00. The van der Waals surface area contributed by atoms with Crippen LogP contribution in [-0.4, -0.2) is 32.3 Å². The van der Waals surface area contributed by atoms with E-state index in [-0.39, 0.29) is 17.9 Å². The number of Topliss-reactive ketones (excluding diaryl/α,β-unsaturated/α-hetero) is 1. The number of aliphatic hydroxyl groups excluding tert-OH is 1. The number of halogens is 1. The molecule has 0 saturated heterocycles. The van der Waals surface area contributed by atoms with Gasteiger partial charge in [0.05, 0.1) is 16.2 Å². The molecule has 1 aromatic heterocycles. The molecule has 1 heterocycles. The van der Waals surface area contributed by atoms with Crippen molar-refractivity contribution in [2.24, 2.45) is 0 Å². The monoisotopic (exact) mass is 402 g/mol. The van der Waals surface area contributed by atoms with Crippen LogP contribution in [0.4, 0.5) is 0 Å². The van der Waals surface area contributed by atoms with E-state index in [1.54, 1.807) is 49.4 Å². The van der Waals surface area contributed by atoms with Crippen molar-refractivity contribution in [2.45, 2.75) is 30.3 Å². The van der Waals surface area contributed by atoms with Gasteiger partial charge in [-0.2, -0.15) is 0 Å². The van der Waals surface area contributed by atoms with Gasteiger partial charge < -0.3 is 5.11 Å². The molecule has 0 saturated carbocycles. The van der Waals surface area contributed by atoms with Crippen LogP contribution in [0.2, 0.25) is 5.02 Å². The first-order chi connectivity index (χ1) is 13.0. The minimum Gasteiger partial charge on any atom is -0.396 e. The van der Waals surface area contributed by atoms with E-state index >= 15 is 0 Å². The van der Waals surface area contributed by atoms with Gasteiger partial charge in [-0.3, -0.25) is 14.2 Å². The number of carbonyl (C=O) groups excluding carboxylic acids is 1. The van der Waals surface area contributed by atoms with Gasteiger partial charge in [0.15, 0.2) is 10.9 Å². The highest BCUT2D eigenvalue weighted by Gasteiger charge is 2.20. The molecule has 140 valence electrons. The number of aromatic nitrogens is 2. The molecular weight excluding hydrogens is 384 g/mol. The summed E-state index contributed by atoms with van der Waals surface area (Å²) < 4.78 is 1.54. The number of hydrogen-bond acceptors (Lipinski definition) is 5. The summed E-state index contributed by atoms with van der Waals surface area (Å²) in [6.07, 6.45) is 0.437. The molecule has 0 aliphatic heterocycles. The number of nitrogens with zero attached hydrogens (tertiary/aromatic N) is 2. The Hall–Kier alpha value is -2.15. The first-order valence-corrected chi connectivity index (χ1v) is 9.84. The third kappa shape index (κ3) is 4.40. The largest absolute Gasteiger partial charge is 0.396 e. The Balaban J connectivity index is 1.95. The zero-order valence-electron chi connectivity index (χ0n) is 14.8. The lowest BCUT2D eigenvalue weighted by Crippen LogP contribution is -2.25. The zero-order valence-corrected chi connectivity index (χ0v) is 16.3. The van der Waals surface area contributed by atoms with E-state index in [0.29, 0.717) is 39.6 Å². The van der Waals surface area contributed by atoms with Gasteiger partial charge in [0.2, 0.25) is 0 Å². The third-order valence-corrected chi connectivity index (χ3v) is 5.49. The van der Waals surface area contributed by atoms with Gasteiger partial charge in [0, 0.05) is 23.7 Å². The summed E-state index contributed by atoms with van der Waals surface area (Å²) in [5, 5.41) is 10.3. The summed E-state index contributed by atoms with van der Waals surface area (Å²) in [6, 6.07) is 13.9. The van der Waals surface area contributed by atoms with E-state index in [4.69, 9.17) is 16.7 Å². The van der Waals surface area contributed by atoms with Gasteiger partial charge >= 0.3 is 0 Å². The lowest BCUT2D eigenvalue weighted by Gasteiger charge is -2.15. The van der Waals surface area contributed by atoms with Crippen molar-refractivity contribution in [1.82, 2.24) is 9.55 Å². The van der Waals surface area contributed by atoms with Crippen LogP contribution < -0.4 is 5.56 Å². The van der Waals surface area contributed by atoms with Crippen LogP contribution in [0.5, 0.6) is 0 Å². The molecule has 0 radical (unpaired) electrons. The summed E-state index contributed by atoms with van der Waals surface area (Å²) in [4.78, 5) is 30.1.